The third-order valence-electron chi connectivity index (χ3n) is 2.64. The van der Waals surface area contributed by atoms with Gasteiger partial charge in [0, 0.05) is 17.6 Å². The Balaban J connectivity index is 2.86. The number of nitrogens with one attached hydrogen (secondary N) is 1. The van der Waals surface area contributed by atoms with Crippen molar-refractivity contribution < 1.29 is 9.50 Å². The van der Waals surface area contributed by atoms with Crippen molar-refractivity contribution in [3.63, 3.8) is 0 Å². The van der Waals surface area contributed by atoms with Crippen LogP contribution in [0.15, 0.2) is 12.1 Å². The Kier molecular flexibility index (Phi) is 4.28. The number of rotatable bonds is 3. The highest BCUT2D eigenvalue weighted by Crippen LogP contribution is 2.22. The second kappa shape index (κ2) is 5.15. The molecular formula is C14H22FNO. The van der Waals surface area contributed by atoms with Gasteiger partial charge in [-0.25, -0.2) is 4.39 Å². The summed E-state index contributed by atoms with van der Waals surface area (Å²) in [7, 11) is 0. The Morgan fingerprint density at radius 2 is 1.88 bits per heavy atom. The lowest BCUT2D eigenvalue weighted by molar-refractivity contribution is 0.158. The van der Waals surface area contributed by atoms with E-state index in [0.29, 0.717) is 12.1 Å². The monoisotopic (exact) mass is 239 g/mol. The summed E-state index contributed by atoms with van der Waals surface area (Å²) >= 11 is 0. The Bertz CT molecular complexity index is 373. The molecule has 2 nitrogen and oxygen atoms in total. The lowest BCUT2D eigenvalue weighted by Gasteiger charge is -2.24. The fourth-order valence-electron chi connectivity index (χ4n) is 1.85. The summed E-state index contributed by atoms with van der Waals surface area (Å²) in [5, 5.41) is 13.2. The molecule has 0 aromatic heterocycles. The molecule has 0 fully saturated rings. The Labute approximate surface area is 103 Å². The number of aryl methyl sites for hydroxylation is 2. The van der Waals surface area contributed by atoms with Gasteiger partial charge in [0.2, 0.25) is 0 Å². The van der Waals surface area contributed by atoms with Gasteiger partial charge in [0.1, 0.15) is 5.82 Å². The average Bonchev–Trinajstić information content (AvgIpc) is 2.11. The average molecular weight is 239 g/mol. The van der Waals surface area contributed by atoms with Crippen LogP contribution in [0.3, 0.4) is 0 Å². The minimum Gasteiger partial charge on any atom is -0.387 e. The van der Waals surface area contributed by atoms with Gasteiger partial charge in [-0.15, -0.1) is 0 Å². The molecule has 0 radical (unpaired) electrons. The Morgan fingerprint density at radius 1 is 1.29 bits per heavy atom. The molecule has 1 unspecified atom stereocenters. The Hall–Kier alpha value is -0.930. The van der Waals surface area contributed by atoms with Gasteiger partial charge >= 0.3 is 0 Å². The molecule has 17 heavy (non-hydrogen) atoms. The van der Waals surface area contributed by atoms with Crippen LogP contribution < -0.4 is 5.32 Å². The Morgan fingerprint density at radius 3 is 2.35 bits per heavy atom. The van der Waals surface area contributed by atoms with E-state index < -0.39 is 6.10 Å². The van der Waals surface area contributed by atoms with Crippen molar-refractivity contribution >= 4 is 0 Å². The standard InChI is InChI=1S/C14H22FNO/c1-9-6-10(2)13(11(15)7-9)12(17)8-16-14(3,4)5/h6-7,12,16-17H,8H2,1-5H3. The predicted molar refractivity (Wildman–Crippen MR) is 68.6 cm³/mol. The van der Waals surface area contributed by atoms with E-state index in [1.54, 1.807) is 0 Å². The van der Waals surface area contributed by atoms with E-state index in [2.05, 4.69) is 5.32 Å². The molecule has 1 aromatic rings. The fraction of sp³-hybridized carbons (Fsp3) is 0.571. The number of aliphatic hydroxyl groups excluding tert-OH is 1. The van der Waals surface area contributed by atoms with Crippen molar-refractivity contribution in [2.75, 3.05) is 6.54 Å². The summed E-state index contributed by atoms with van der Waals surface area (Å²) in [5.41, 5.74) is 1.98. The molecule has 0 saturated carbocycles. The van der Waals surface area contributed by atoms with Gasteiger partial charge < -0.3 is 10.4 Å². The second-order valence-electron chi connectivity index (χ2n) is 5.62. The first-order valence-corrected chi connectivity index (χ1v) is 5.90. The van der Waals surface area contributed by atoms with Crippen molar-refractivity contribution in [2.45, 2.75) is 46.3 Å². The molecule has 3 heteroatoms. The van der Waals surface area contributed by atoms with E-state index in [0.717, 1.165) is 11.1 Å². The summed E-state index contributed by atoms with van der Waals surface area (Å²) in [4.78, 5) is 0. The summed E-state index contributed by atoms with van der Waals surface area (Å²) < 4.78 is 13.8. The molecule has 0 bridgehead atoms. The van der Waals surface area contributed by atoms with Gasteiger partial charge in [0.05, 0.1) is 6.10 Å². The summed E-state index contributed by atoms with van der Waals surface area (Å²) in [5.74, 6) is -0.328. The van der Waals surface area contributed by atoms with Crippen LogP contribution in [-0.4, -0.2) is 17.2 Å². The SMILES string of the molecule is Cc1cc(C)c(C(O)CNC(C)(C)C)c(F)c1. The molecular weight excluding hydrogens is 217 g/mol. The van der Waals surface area contributed by atoms with Crippen molar-refractivity contribution in [3.05, 3.63) is 34.6 Å². The minimum absolute atomic E-state index is 0.0872. The molecule has 1 aromatic carbocycles. The van der Waals surface area contributed by atoms with Crippen LogP contribution in [0.25, 0.3) is 0 Å². The quantitative estimate of drug-likeness (QED) is 0.850. The third kappa shape index (κ3) is 4.10. The van der Waals surface area contributed by atoms with Gasteiger partial charge in [0.25, 0.3) is 0 Å². The van der Waals surface area contributed by atoms with Crippen molar-refractivity contribution in [1.29, 1.82) is 0 Å². The molecule has 0 aliphatic carbocycles. The number of hydrogen-bond donors (Lipinski definition) is 2. The number of benzene rings is 1. The van der Waals surface area contributed by atoms with Crippen molar-refractivity contribution in [2.24, 2.45) is 0 Å². The second-order valence-corrected chi connectivity index (χ2v) is 5.62. The topological polar surface area (TPSA) is 32.3 Å². The van der Waals surface area contributed by atoms with Gasteiger partial charge in [0.15, 0.2) is 0 Å². The van der Waals surface area contributed by atoms with Crippen LogP contribution >= 0.6 is 0 Å². The van der Waals surface area contributed by atoms with Crippen LogP contribution in [0.5, 0.6) is 0 Å². The zero-order valence-electron chi connectivity index (χ0n) is 11.3. The van der Waals surface area contributed by atoms with Crippen LogP contribution in [0, 0.1) is 19.7 Å². The van der Waals surface area contributed by atoms with Crippen molar-refractivity contribution in [3.8, 4) is 0 Å². The van der Waals surface area contributed by atoms with Crippen molar-refractivity contribution in [1.82, 2.24) is 5.32 Å². The van der Waals surface area contributed by atoms with E-state index in [-0.39, 0.29) is 11.4 Å². The van der Waals surface area contributed by atoms with Crippen LogP contribution in [0.2, 0.25) is 0 Å². The molecule has 0 amide bonds. The van der Waals surface area contributed by atoms with E-state index in [4.69, 9.17) is 0 Å². The predicted octanol–water partition coefficient (Wildman–Crippen LogP) is 2.86. The van der Waals surface area contributed by atoms with Gasteiger partial charge in [-0.2, -0.15) is 0 Å². The van der Waals surface area contributed by atoms with E-state index >= 15 is 0 Å². The number of β-amino-alcohol motifs (C(OH)–C–C–N with tert-alkyl or cyclic N) is 1. The molecule has 0 aliphatic heterocycles. The number of halogens is 1. The molecule has 0 saturated heterocycles. The van der Waals surface area contributed by atoms with E-state index in [1.807, 2.05) is 40.7 Å². The van der Waals surface area contributed by atoms with Gasteiger partial charge in [-0.05, 0) is 51.8 Å². The zero-order valence-corrected chi connectivity index (χ0v) is 11.3. The van der Waals surface area contributed by atoms with Crippen LogP contribution in [-0.2, 0) is 0 Å². The molecule has 2 N–H and O–H groups in total. The van der Waals surface area contributed by atoms with Gasteiger partial charge in [-0.3, -0.25) is 0 Å². The maximum atomic E-state index is 13.8. The molecule has 96 valence electrons. The molecule has 0 aliphatic rings. The summed E-state index contributed by atoms with van der Waals surface area (Å²) in [6, 6.07) is 3.35. The molecule has 0 heterocycles. The highest BCUT2D eigenvalue weighted by atomic mass is 19.1. The smallest absolute Gasteiger partial charge is 0.129 e. The first-order valence-electron chi connectivity index (χ1n) is 5.90. The number of aliphatic hydroxyl groups is 1. The molecule has 1 rings (SSSR count). The summed E-state index contributed by atoms with van der Waals surface area (Å²) in [6.07, 6.45) is -0.810. The normalized spacial score (nSPS) is 13.8. The summed E-state index contributed by atoms with van der Waals surface area (Å²) in [6.45, 7) is 10.1. The van der Waals surface area contributed by atoms with Crippen LogP contribution in [0.1, 0.15) is 43.6 Å². The first kappa shape index (κ1) is 14.1. The fourth-order valence-corrected chi connectivity index (χ4v) is 1.85. The lowest BCUT2D eigenvalue weighted by atomic mass is 9.99. The van der Waals surface area contributed by atoms with E-state index in [1.165, 1.54) is 6.07 Å². The highest BCUT2D eigenvalue weighted by Gasteiger charge is 2.18. The lowest BCUT2D eigenvalue weighted by Crippen LogP contribution is -2.38. The maximum Gasteiger partial charge on any atom is 0.129 e. The van der Waals surface area contributed by atoms with Crippen LogP contribution in [0.4, 0.5) is 4.39 Å². The van der Waals surface area contributed by atoms with Gasteiger partial charge in [-0.1, -0.05) is 6.07 Å². The maximum absolute atomic E-state index is 13.8. The van der Waals surface area contributed by atoms with E-state index in [9.17, 15) is 9.50 Å². The zero-order chi connectivity index (χ0) is 13.2. The highest BCUT2D eigenvalue weighted by molar-refractivity contribution is 5.33. The third-order valence-corrected chi connectivity index (χ3v) is 2.64. The molecule has 0 spiro atoms. The molecule has 1 atom stereocenters. The number of hydrogen-bond acceptors (Lipinski definition) is 2. The minimum atomic E-state index is -0.810. The largest absolute Gasteiger partial charge is 0.387 e. The first-order chi connectivity index (χ1) is 7.70.